The molecule has 0 aliphatic heterocycles. The Balaban J connectivity index is 2.53. The van der Waals surface area contributed by atoms with Gasteiger partial charge in [0, 0.05) is 30.1 Å². The molecule has 0 spiro atoms. The quantitative estimate of drug-likeness (QED) is 0.538. The van der Waals surface area contributed by atoms with Crippen LogP contribution in [0.1, 0.15) is 21.5 Å². The zero-order chi connectivity index (χ0) is 14.2. The van der Waals surface area contributed by atoms with E-state index in [4.69, 9.17) is 23.2 Å². The summed E-state index contributed by atoms with van der Waals surface area (Å²) in [6.45, 7) is 1.96. The zero-order valence-electron chi connectivity index (χ0n) is 9.81. The molecule has 2 aromatic rings. The molecule has 5 heteroatoms. The maximum absolute atomic E-state index is 12.5. The van der Waals surface area contributed by atoms with Crippen LogP contribution >= 0.6 is 55.1 Å². The molecule has 0 heterocycles. The summed E-state index contributed by atoms with van der Waals surface area (Å²) in [5, 5.41) is 0.885. The lowest BCUT2D eigenvalue weighted by Crippen LogP contribution is -2.03. The van der Waals surface area contributed by atoms with E-state index >= 15 is 0 Å². The Morgan fingerprint density at radius 1 is 0.947 bits per heavy atom. The molecule has 0 aromatic heterocycles. The van der Waals surface area contributed by atoms with Crippen LogP contribution in [0.4, 0.5) is 0 Å². The second-order valence-electron chi connectivity index (χ2n) is 4.07. The van der Waals surface area contributed by atoms with Crippen LogP contribution in [0.5, 0.6) is 0 Å². The van der Waals surface area contributed by atoms with Crippen LogP contribution in [0.2, 0.25) is 10.0 Å². The zero-order valence-corrected chi connectivity index (χ0v) is 14.5. The number of carbonyl (C=O) groups excluding carboxylic acids is 1. The Morgan fingerprint density at radius 3 is 2.11 bits per heavy atom. The second-order valence-corrected chi connectivity index (χ2v) is 6.65. The van der Waals surface area contributed by atoms with E-state index in [1.165, 1.54) is 0 Å². The van der Waals surface area contributed by atoms with E-state index < -0.39 is 0 Å². The van der Waals surface area contributed by atoms with Crippen molar-refractivity contribution in [3.05, 3.63) is 66.0 Å². The Bertz CT molecular complexity index is 648. The summed E-state index contributed by atoms with van der Waals surface area (Å²) in [7, 11) is 0. The van der Waals surface area contributed by atoms with Crippen LogP contribution in [0.15, 0.2) is 39.3 Å². The molecule has 19 heavy (non-hydrogen) atoms. The molecule has 0 fully saturated rings. The number of ketones is 1. The standard InChI is InChI=1S/C14H8Br2Cl2O/c1-7-2-13(16)11(6-12(7)15)14(19)8-3-9(17)5-10(18)4-8/h2-6H,1H3. The van der Waals surface area contributed by atoms with Crippen LogP contribution in [0, 0.1) is 6.92 Å². The third-order valence-corrected chi connectivity index (χ3v) is 4.56. The minimum atomic E-state index is -0.128. The van der Waals surface area contributed by atoms with Crippen molar-refractivity contribution >= 4 is 60.8 Å². The Kier molecular flexibility index (Phi) is 4.72. The predicted octanol–water partition coefficient (Wildman–Crippen LogP) is 6.06. The number of aryl methyl sites for hydroxylation is 1. The molecule has 0 N–H and O–H groups in total. The molecule has 98 valence electrons. The smallest absolute Gasteiger partial charge is 0.194 e. The number of hydrogen-bond acceptors (Lipinski definition) is 1. The highest BCUT2D eigenvalue weighted by atomic mass is 79.9. The predicted molar refractivity (Wildman–Crippen MR) is 86.5 cm³/mol. The van der Waals surface area contributed by atoms with E-state index in [0.717, 1.165) is 14.5 Å². The van der Waals surface area contributed by atoms with Gasteiger partial charge in [-0.25, -0.2) is 0 Å². The van der Waals surface area contributed by atoms with Crippen LogP contribution < -0.4 is 0 Å². The van der Waals surface area contributed by atoms with Crippen molar-refractivity contribution in [3.8, 4) is 0 Å². The van der Waals surface area contributed by atoms with Crippen molar-refractivity contribution in [3.63, 3.8) is 0 Å². The highest BCUT2D eigenvalue weighted by Gasteiger charge is 2.15. The fourth-order valence-electron chi connectivity index (χ4n) is 1.66. The molecule has 0 amide bonds. The number of carbonyl (C=O) groups is 1. The highest BCUT2D eigenvalue weighted by molar-refractivity contribution is 9.11. The van der Waals surface area contributed by atoms with Crippen molar-refractivity contribution in [1.82, 2.24) is 0 Å². The summed E-state index contributed by atoms with van der Waals surface area (Å²) in [6.07, 6.45) is 0. The topological polar surface area (TPSA) is 17.1 Å². The molecule has 2 rings (SSSR count). The summed E-state index contributed by atoms with van der Waals surface area (Å²) < 4.78 is 1.63. The first-order chi connectivity index (χ1) is 8.88. The lowest BCUT2D eigenvalue weighted by atomic mass is 10.0. The molecule has 0 saturated carbocycles. The lowest BCUT2D eigenvalue weighted by Gasteiger charge is -2.08. The fraction of sp³-hybridized carbons (Fsp3) is 0.0714. The molecule has 2 aromatic carbocycles. The van der Waals surface area contributed by atoms with Gasteiger partial charge in [0.15, 0.2) is 5.78 Å². The highest BCUT2D eigenvalue weighted by Crippen LogP contribution is 2.29. The summed E-state index contributed by atoms with van der Waals surface area (Å²) in [4.78, 5) is 12.5. The van der Waals surface area contributed by atoms with Crippen LogP contribution in [-0.2, 0) is 0 Å². The molecule has 0 radical (unpaired) electrons. The minimum absolute atomic E-state index is 0.128. The second kappa shape index (κ2) is 5.96. The van der Waals surface area contributed by atoms with Crippen molar-refractivity contribution in [2.75, 3.05) is 0 Å². The molecule has 1 nitrogen and oxygen atoms in total. The summed E-state index contributed by atoms with van der Waals surface area (Å²) in [5.41, 5.74) is 2.08. The van der Waals surface area contributed by atoms with E-state index in [9.17, 15) is 4.79 Å². The summed E-state index contributed by atoms with van der Waals surface area (Å²) >= 11 is 18.7. The van der Waals surface area contributed by atoms with E-state index in [-0.39, 0.29) is 5.78 Å². The molecule has 0 unspecified atom stereocenters. The average molecular weight is 423 g/mol. The van der Waals surface area contributed by atoms with Gasteiger partial charge in [0.1, 0.15) is 0 Å². The number of benzene rings is 2. The van der Waals surface area contributed by atoms with Gasteiger partial charge >= 0.3 is 0 Å². The summed E-state index contributed by atoms with van der Waals surface area (Å²) in [6, 6.07) is 8.49. The normalized spacial score (nSPS) is 10.6. The Hall–Kier alpha value is -0.350. The van der Waals surface area contributed by atoms with Crippen LogP contribution in [0.3, 0.4) is 0 Å². The van der Waals surface area contributed by atoms with Gasteiger partial charge < -0.3 is 0 Å². The fourth-order valence-corrected chi connectivity index (χ4v) is 3.17. The third-order valence-electron chi connectivity index (χ3n) is 2.62. The molecule has 0 aliphatic rings. The van der Waals surface area contributed by atoms with Gasteiger partial charge in [0.05, 0.1) is 0 Å². The minimum Gasteiger partial charge on any atom is -0.289 e. The first-order valence-electron chi connectivity index (χ1n) is 5.35. The SMILES string of the molecule is Cc1cc(Br)c(C(=O)c2cc(Cl)cc(Cl)c2)cc1Br. The largest absolute Gasteiger partial charge is 0.289 e. The van der Waals surface area contributed by atoms with Crippen molar-refractivity contribution < 1.29 is 4.79 Å². The van der Waals surface area contributed by atoms with Gasteiger partial charge in [-0.05, 0) is 42.8 Å². The third kappa shape index (κ3) is 3.40. The van der Waals surface area contributed by atoms with Gasteiger partial charge in [0.25, 0.3) is 0 Å². The Labute approximate surface area is 138 Å². The number of rotatable bonds is 2. The number of halogens is 4. The maximum atomic E-state index is 12.5. The van der Waals surface area contributed by atoms with Crippen molar-refractivity contribution in [1.29, 1.82) is 0 Å². The molecular formula is C14H8Br2Cl2O. The summed E-state index contributed by atoms with van der Waals surface area (Å²) in [5.74, 6) is -0.128. The van der Waals surface area contributed by atoms with Gasteiger partial charge in [-0.3, -0.25) is 4.79 Å². The van der Waals surface area contributed by atoms with Crippen LogP contribution in [-0.4, -0.2) is 5.78 Å². The van der Waals surface area contributed by atoms with Gasteiger partial charge in [0.2, 0.25) is 0 Å². The molecule has 0 atom stereocenters. The lowest BCUT2D eigenvalue weighted by molar-refractivity contribution is 0.103. The van der Waals surface area contributed by atoms with E-state index in [1.807, 2.05) is 13.0 Å². The molecular weight excluding hydrogens is 415 g/mol. The Morgan fingerprint density at radius 2 is 1.53 bits per heavy atom. The van der Waals surface area contributed by atoms with E-state index in [0.29, 0.717) is 21.2 Å². The first kappa shape index (κ1) is 15.0. The maximum Gasteiger partial charge on any atom is 0.194 e. The van der Waals surface area contributed by atoms with Gasteiger partial charge in [-0.1, -0.05) is 55.1 Å². The average Bonchev–Trinajstić information content (AvgIpc) is 2.31. The van der Waals surface area contributed by atoms with Gasteiger partial charge in [-0.2, -0.15) is 0 Å². The first-order valence-corrected chi connectivity index (χ1v) is 7.69. The molecule has 0 saturated heterocycles. The number of hydrogen-bond donors (Lipinski definition) is 0. The van der Waals surface area contributed by atoms with E-state index in [1.54, 1.807) is 24.3 Å². The van der Waals surface area contributed by atoms with Crippen molar-refractivity contribution in [2.24, 2.45) is 0 Å². The van der Waals surface area contributed by atoms with Gasteiger partial charge in [-0.15, -0.1) is 0 Å². The van der Waals surface area contributed by atoms with E-state index in [2.05, 4.69) is 31.9 Å². The van der Waals surface area contributed by atoms with Crippen molar-refractivity contribution in [2.45, 2.75) is 6.92 Å². The van der Waals surface area contributed by atoms with Crippen LogP contribution in [0.25, 0.3) is 0 Å². The molecule has 0 bridgehead atoms. The monoisotopic (exact) mass is 420 g/mol. The molecule has 0 aliphatic carbocycles.